The molecule has 2 aromatic rings. The van der Waals surface area contributed by atoms with E-state index in [0.717, 1.165) is 16.3 Å². The Balaban J connectivity index is 1.80. The van der Waals surface area contributed by atoms with Crippen molar-refractivity contribution in [3.8, 4) is 0 Å². The van der Waals surface area contributed by atoms with Gasteiger partial charge in [0.25, 0.3) is 5.69 Å². The number of ketones is 1. The number of hydrogen-bond donors (Lipinski definition) is 1. The third-order valence-corrected chi connectivity index (χ3v) is 4.78. The Morgan fingerprint density at radius 2 is 2.00 bits per heavy atom. The summed E-state index contributed by atoms with van der Waals surface area (Å²) < 4.78 is 0. The van der Waals surface area contributed by atoms with Crippen molar-refractivity contribution in [1.29, 1.82) is 0 Å². The van der Waals surface area contributed by atoms with Crippen molar-refractivity contribution in [2.75, 3.05) is 5.32 Å². The molecule has 0 fully saturated rings. The van der Waals surface area contributed by atoms with E-state index in [2.05, 4.69) is 5.32 Å². The number of benzene rings is 2. The Hall–Kier alpha value is -2.86. The Bertz CT molecular complexity index is 887. The molecule has 6 heteroatoms. The number of anilines is 1. The predicted octanol–water partition coefficient (Wildman–Crippen LogP) is 4.63. The fourth-order valence-electron chi connectivity index (χ4n) is 2.33. The SMILES string of the molecule is CC1=C(C(=O)C=Cc2cccc([N+](=O)[O-])c2)Sc2ccccc2N1. The fraction of sp³-hybridized carbons (Fsp3) is 0.0556. The van der Waals surface area contributed by atoms with Gasteiger partial charge in [0.15, 0.2) is 5.78 Å². The van der Waals surface area contributed by atoms with Crippen LogP contribution in [0.3, 0.4) is 0 Å². The molecular weight excluding hydrogens is 324 g/mol. The van der Waals surface area contributed by atoms with Crippen LogP contribution in [-0.4, -0.2) is 10.7 Å². The number of nitro groups is 1. The van der Waals surface area contributed by atoms with Crippen LogP contribution in [-0.2, 0) is 4.79 Å². The Kier molecular flexibility index (Phi) is 4.48. The number of fused-ring (bicyclic) bond motifs is 1. The first-order chi connectivity index (χ1) is 11.5. The summed E-state index contributed by atoms with van der Waals surface area (Å²) in [7, 11) is 0. The molecule has 0 saturated carbocycles. The number of carbonyl (C=O) groups excluding carboxylic acids is 1. The summed E-state index contributed by atoms with van der Waals surface area (Å²) in [5, 5.41) is 14.0. The van der Waals surface area contributed by atoms with E-state index in [1.165, 1.54) is 30.0 Å². The number of hydrogen-bond acceptors (Lipinski definition) is 5. The predicted molar refractivity (Wildman–Crippen MR) is 95.8 cm³/mol. The monoisotopic (exact) mass is 338 g/mol. The van der Waals surface area contributed by atoms with Crippen molar-refractivity contribution in [2.45, 2.75) is 11.8 Å². The van der Waals surface area contributed by atoms with Gasteiger partial charge >= 0.3 is 0 Å². The van der Waals surface area contributed by atoms with Crippen molar-refractivity contribution in [1.82, 2.24) is 0 Å². The summed E-state index contributed by atoms with van der Waals surface area (Å²) in [6, 6.07) is 14.0. The molecule has 0 atom stereocenters. The summed E-state index contributed by atoms with van der Waals surface area (Å²) in [6.45, 7) is 1.86. The van der Waals surface area contributed by atoms with Gasteiger partial charge in [0.1, 0.15) is 0 Å². The smallest absolute Gasteiger partial charge is 0.270 e. The average Bonchev–Trinajstić information content (AvgIpc) is 2.59. The maximum absolute atomic E-state index is 12.5. The van der Waals surface area contributed by atoms with Gasteiger partial charge in [-0.25, -0.2) is 0 Å². The molecule has 0 spiro atoms. The van der Waals surface area contributed by atoms with Gasteiger partial charge in [0.05, 0.1) is 15.5 Å². The third kappa shape index (κ3) is 3.38. The summed E-state index contributed by atoms with van der Waals surface area (Å²) in [5.74, 6) is -0.133. The van der Waals surface area contributed by atoms with Crippen LogP contribution in [0.5, 0.6) is 0 Å². The number of nitrogens with zero attached hydrogens (tertiary/aromatic N) is 1. The molecule has 0 amide bonds. The standard InChI is InChI=1S/C18H14N2O3S/c1-12-18(24-17-8-3-2-7-15(17)19-12)16(21)10-9-13-5-4-6-14(11-13)20(22)23/h2-11,19H,1H3. The Morgan fingerprint density at radius 3 is 2.79 bits per heavy atom. The number of allylic oxidation sites excluding steroid dienone is 3. The van der Waals surface area contributed by atoms with Gasteiger partial charge in [0.2, 0.25) is 0 Å². The zero-order valence-corrected chi connectivity index (χ0v) is 13.7. The largest absolute Gasteiger partial charge is 0.357 e. The minimum absolute atomic E-state index is 0.00244. The molecule has 24 heavy (non-hydrogen) atoms. The number of non-ortho nitro benzene ring substituents is 1. The van der Waals surface area contributed by atoms with Crippen LogP contribution in [0, 0.1) is 10.1 Å². The van der Waals surface area contributed by atoms with Crippen LogP contribution >= 0.6 is 11.8 Å². The molecule has 0 radical (unpaired) electrons. The van der Waals surface area contributed by atoms with Crippen LogP contribution in [0.4, 0.5) is 11.4 Å². The van der Waals surface area contributed by atoms with E-state index >= 15 is 0 Å². The fourth-order valence-corrected chi connectivity index (χ4v) is 3.30. The van der Waals surface area contributed by atoms with E-state index in [0.29, 0.717) is 10.5 Å². The molecule has 2 aromatic carbocycles. The minimum atomic E-state index is -0.455. The lowest BCUT2D eigenvalue weighted by atomic mass is 10.1. The van der Waals surface area contributed by atoms with Crippen molar-refractivity contribution in [3.63, 3.8) is 0 Å². The Labute approximate surface area is 143 Å². The maximum atomic E-state index is 12.5. The Morgan fingerprint density at radius 1 is 1.21 bits per heavy atom. The van der Waals surface area contributed by atoms with Crippen LogP contribution in [0.15, 0.2) is 70.1 Å². The van der Waals surface area contributed by atoms with Gasteiger partial charge in [-0.2, -0.15) is 0 Å². The number of para-hydroxylation sites is 1. The molecule has 1 heterocycles. The van der Waals surface area contributed by atoms with Crippen LogP contribution in [0.1, 0.15) is 12.5 Å². The highest BCUT2D eigenvalue weighted by molar-refractivity contribution is 8.04. The van der Waals surface area contributed by atoms with Crippen molar-refractivity contribution >= 4 is 35.0 Å². The summed E-state index contributed by atoms with van der Waals surface area (Å²) >= 11 is 1.42. The highest BCUT2D eigenvalue weighted by atomic mass is 32.2. The average molecular weight is 338 g/mol. The molecule has 0 aliphatic carbocycles. The quantitative estimate of drug-likeness (QED) is 0.500. The molecule has 5 nitrogen and oxygen atoms in total. The molecule has 1 N–H and O–H groups in total. The number of carbonyl (C=O) groups is 1. The lowest BCUT2D eigenvalue weighted by Crippen LogP contribution is -2.10. The topological polar surface area (TPSA) is 72.2 Å². The zero-order chi connectivity index (χ0) is 17.1. The van der Waals surface area contributed by atoms with Crippen molar-refractivity contribution < 1.29 is 9.72 Å². The maximum Gasteiger partial charge on any atom is 0.270 e. The van der Waals surface area contributed by atoms with Gasteiger partial charge in [-0.15, -0.1) is 0 Å². The van der Waals surface area contributed by atoms with Crippen molar-refractivity contribution in [3.05, 3.63) is 80.9 Å². The first-order valence-electron chi connectivity index (χ1n) is 7.26. The van der Waals surface area contributed by atoms with Gasteiger partial charge in [-0.1, -0.05) is 42.1 Å². The second-order valence-electron chi connectivity index (χ2n) is 5.23. The summed E-state index contributed by atoms with van der Waals surface area (Å²) in [5.41, 5.74) is 2.40. The van der Waals surface area contributed by atoms with E-state index < -0.39 is 4.92 Å². The molecular formula is C18H14N2O3S. The van der Waals surface area contributed by atoms with E-state index in [1.54, 1.807) is 18.2 Å². The summed E-state index contributed by atoms with van der Waals surface area (Å²) in [6.07, 6.45) is 3.04. The van der Waals surface area contributed by atoms with E-state index in [9.17, 15) is 14.9 Å². The van der Waals surface area contributed by atoms with Gasteiger partial charge in [-0.3, -0.25) is 14.9 Å². The van der Waals surface area contributed by atoms with E-state index in [1.807, 2.05) is 31.2 Å². The number of rotatable bonds is 4. The van der Waals surface area contributed by atoms with Crippen LogP contribution in [0.25, 0.3) is 6.08 Å². The van der Waals surface area contributed by atoms with Gasteiger partial charge in [0, 0.05) is 22.7 Å². The molecule has 120 valence electrons. The van der Waals surface area contributed by atoms with E-state index in [-0.39, 0.29) is 11.5 Å². The lowest BCUT2D eigenvalue weighted by molar-refractivity contribution is -0.384. The number of thioether (sulfide) groups is 1. The van der Waals surface area contributed by atoms with Crippen molar-refractivity contribution in [2.24, 2.45) is 0 Å². The van der Waals surface area contributed by atoms with Crippen LogP contribution < -0.4 is 5.32 Å². The lowest BCUT2D eigenvalue weighted by Gasteiger charge is -2.20. The van der Waals surface area contributed by atoms with Crippen LogP contribution in [0.2, 0.25) is 0 Å². The molecule has 0 unspecified atom stereocenters. The van der Waals surface area contributed by atoms with Gasteiger partial charge in [-0.05, 0) is 30.7 Å². The molecule has 0 aromatic heterocycles. The highest BCUT2D eigenvalue weighted by Crippen LogP contribution is 2.39. The van der Waals surface area contributed by atoms with E-state index in [4.69, 9.17) is 0 Å². The molecule has 3 rings (SSSR count). The second kappa shape index (κ2) is 6.72. The first kappa shape index (κ1) is 16.0. The summed E-state index contributed by atoms with van der Waals surface area (Å²) in [4.78, 5) is 24.4. The minimum Gasteiger partial charge on any atom is -0.357 e. The van der Waals surface area contributed by atoms with Gasteiger partial charge < -0.3 is 5.32 Å². The number of nitrogens with one attached hydrogen (secondary N) is 1. The second-order valence-corrected chi connectivity index (χ2v) is 6.28. The number of nitro benzene ring substituents is 1. The highest BCUT2D eigenvalue weighted by Gasteiger charge is 2.19. The molecule has 1 aliphatic heterocycles. The molecule has 0 bridgehead atoms. The molecule has 0 saturated heterocycles. The zero-order valence-electron chi connectivity index (χ0n) is 12.9. The first-order valence-corrected chi connectivity index (χ1v) is 8.08. The third-order valence-electron chi connectivity index (χ3n) is 3.49. The normalized spacial score (nSPS) is 13.5. The molecule has 1 aliphatic rings.